The SMILES string of the molecule is CC(NC(=O)c1ccc(Br)s1)C(=O)N[C@H]1CCCNC1.Cl. The number of rotatable bonds is 4. The molecule has 0 radical (unpaired) electrons. The minimum absolute atomic E-state index is 0. The Labute approximate surface area is 142 Å². The molecule has 8 heteroatoms. The van der Waals surface area contributed by atoms with Crippen LogP contribution in [-0.2, 0) is 4.79 Å². The highest BCUT2D eigenvalue weighted by Gasteiger charge is 2.21. The van der Waals surface area contributed by atoms with Crippen molar-refractivity contribution in [1.82, 2.24) is 16.0 Å². The summed E-state index contributed by atoms with van der Waals surface area (Å²) in [6, 6.07) is 3.18. The molecule has 1 saturated heterocycles. The summed E-state index contributed by atoms with van der Waals surface area (Å²) < 4.78 is 0.896. The molecular weight excluding hydrogens is 378 g/mol. The summed E-state index contributed by atoms with van der Waals surface area (Å²) in [6.07, 6.45) is 2.05. The second-order valence-electron chi connectivity index (χ2n) is 4.85. The molecule has 1 aromatic rings. The predicted molar refractivity (Wildman–Crippen MR) is 90.2 cm³/mol. The average molecular weight is 397 g/mol. The molecule has 0 aromatic carbocycles. The monoisotopic (exact) mass is 395 g/mol. The summed E-state index contributed by atoms with van der Waals surface area (Å²) in [4.78, 5) is 24.6. The van der Waals surface area contributed by atoms with Crippen LogP contribution < -0.4 is 16.0 Å². The third-order valence-electron chi connectivity index (χ3n) is 3.18. The zero-order chi connectivity index (χ0) is 14.5. The molecule has 1 unspecified atom stereocenters. The van der Waals surface area contributed by atoms with E-state index in [1.54, 1.807) is 13.0 Å². The molecule has 0 aliphatic carbocycles. The van der Waals surface area contributed by atoms with Crippen molar-refractivity contribution in [2.45, 2.75) is 31.8 Å². The molecule has 1 fully saturated rings. The fourth-order valence-corrected chi connectivity index (χ4v) is 3.36. The van der Waals surface area contributed by atoms with Gasteiger partial charge in [0.25, 0.3) is 5.91 Å². The van der Waals surface area contributed by atoms with E-state index in [4.69, 9.17) is 0 Å². The molecule has 0 saturated carbocycles. The third-order valence-corrected chi connectivity index (χ3v) is 4.80. The van der Waals surface area contributed by atoms with Crippen molar-refractivity contribution < 1.29 is 9.59 Å². The lowest BCUT2D eigenvalue weighted by atomic mass is 10.1. The highest BCUT2D eigenvalue weighted by Crippen LogP contribution is 2.21. The van der Waals surface area contributed by atoms with Gasteiger partial charge >= 0.3 is 0 Å². The molecule has 1 aromatic heterocycles. The number of nitrogens with one attached hydrogen (secondary N) is 3. The maximum atomic E-state index is 12.0. The van der Waals surface area contributed by atoms with Crippen LogP contribution in [0.2, 0.25) is 0 Å². The van der Waals surface area contributed by atoms with Crippen LogP contribution in [-0.4, -0.2) is 37.0 Å². The molecule has 2 heterocycles. The van der Waals surface area contributed by atoms with Crippen molar-refractivity contribution in [1.29, 1.82) is 0 Å². The summed E-state index contributed by atoms with van der Waals surface area (Å²) in [5.74, 6) is -0.354. The highest BCUT2D eigenvalue weighted by atomic mass is 79.9. The first-order valence-corrected chi connectivity index (χ1v) is 8.24. The zero-order valence-electron chi connectivity index (χ0n) is 11.6. The topological polar surface area (TPSA) is 70.2 Å². The van der Waals surface area contributed by atoms with Crippen LogP contribution in [0.15, 0.2) is 15.9 Å². The maximum absolute atomic E-state index is 12.0. The summed E-state index contributed by atoms with van der Waals surface area (Å²) in [6.45, 7) is 3.50. The number of amides is 2. The Bertz CT molecular complexity index is 492. The molecule has 1 aliphatic rings. The van der Waals surface area contributed by atoms with Gasteiger partial charge in [0.05, 0.1) is 8.66 Å². The number of hydrogen-bond acceptors (Lipinski definition) is 4. The minimum atomic E-state index is -0.537. The summed E-state index contributed by atoms with van der Waals surface area (Å²) in [5, 5.41) is 8.92. The Balaban J connectivity index is 0.00000220. The lowest BCUT2D eigenvalue weighted by Gasteiger charge is -2.25. The number of carbonyl (C=O) groups excluding carboxylic acids is 2. The van der Waals surface area contributed by atoms with E-state index >= 15 is 0 Å². The number of piperidine rings is 1. The van der Waals surface area contributed by atoms with Gasteiger partial charge in [-0.2, -0.15) is 0 Å². The summed E-state index contributed by atoms with van der Waals surface area (Å²) in [5.41, 5.74) is 0. The third kappa shape index (κ3) is 5.58. The molecule has 118 valence electrons. The van der Waals surface area contributed by atoms with Crippen LogP contribution in [0.5, 0.6) is 0 Å². The smallest absolute Gasteiger partial charge is 0.262 e. The Morgan fingerprint density at radius 1 is 1.48 bits per heavy atom. The summed E-state index contributed by atoms with van der Waals surface area (Å²) in [7, 11) is 0. The molecular formula is C13H19BrClN3O2S. The normalized spacial score (nSPS) is 19.2. The molecule has 0 bridgehead atoms. The van der Waals surface area contributed by atoms with E-state index in [0.29, 0.717) is 4.88 Å². The fraction of sp³-hybridized carbons (Fsp3) is 0.538. The van der Waals surface area contributed by atoms with Crippen molar-refractivity contribution in [2.24, 2.45) is 0 Å². The molecule has 0 spiro atoms. The average Bonchev–Trinajstić information content (AvgIpc) is 2.86. The molecule has 3 N–H and O–H groups in total. The largest absolute Gasteiger partial charge is 0.350 e. The lowest BCUT2D eigenvalue weighted by Crippen LogP contribution is -2.52. The van der Waals surface area contributed by atoms with E-state index in [1.165, 1.54) is 11.3 Å². The number of thiophene rings is 1. The van der Waals surface area contributed by atoms with Gasteiger partial charge in [0.1, 0.15) is 6.04 Å². The zero-order valence-corrected chi connectivity index (χ0v) is 14.9. The standard InChI is InChI=1S/C13H18BrN3O2S.ClH/c1-8(12(18)17-9-3-2-6-15-7-9)16-13(19)10-4-5-11(14)20-10;/h4-5,8-9,15H,2-3,6-7H2,1H3,(H,16,19)(H,17,18);1H/t8?,9-;/m0./s1. The fourth-order valence-electron chi connectivity index (χ4n) is 2.07. The van der Waals surface area contributed by atoms with Crippen molar-refractivity contribution in [3.63, 3.8) is 0 Å². The van der Waals surface area contributed by atoms with E-state index in [-0.39, 0.29) is 30.3 Å². The molecule has 2 atom stereocenters. The second kappa shape index (κ2) is 8.73. The van der Waals surface area contributed by atoms with Crippen LogP contribution in [0.4, 0.5) is 0 Å². The van der Waals surface area contributed by atoms with Crippen molar-refractivity contribution in [3.8, 4) is 0 Å². The van der Waals surface area contributed by atoms with Crippen LogP contribution >= 0.6 is 39.7 Å². The van der Waals surface area contributed by atoms with E-state index in [1.807, 2.05) is 6.07 Å². The molecule has 5 nitrogen and oxygen atoms in total. The van der Waals surface area contributed by atoms with Crippen LogP contribution in [0.1, 0.15) is 29.4 Å². The van der Waals surface area contributed by atoms with E-state index in [9.17, 15) is 9.59 Å². The first kappa shape index (κ1) is 18.4. The van der Waals surface area contributed by atoms with Gasteiger partial charge in [0.2, 0.25) is 5.91 Å². The van der Waals surface area contributed by atoms with Crippen molar-refractivity contribution in [2.75, 3.05) is 13.1 Å². The highest BCUT2D eigenvalue weighted by molar-refractivity contribution is 9.11. The number of halogens is 2. The van der Waals surface area contributed by atoms with Gasteiger partial charge in [-0.15, -0.1) is 23.7 Å². The van der Waals surface area contributed by atoms with Crippen molar-refractivity contribution >= 4 is 51.5 Å². The molecule has 2 rings (SSSR count). The second-order valence-corrected chi connectivity index (χ2v) is 7.31. The van der Waals surface area contributed by atoms with Crippen LogP contribution in [0.25, 0.3) is 0 Å². The van der Waals surface area contributed by atoms with E-state index < -0.39 is 6.04 Å². The van der Waals surface area contributed by atoms with Gasteiger partial charge in [0, 0.05) is 12.6 Å². The number of hydrogen-bond donors (Lipinski definition) is 3. The minimum Gasteiger partial charge on any atom is -0.350 e. The number of carbonyl (C=O) groups is 2. The van der Waals surface area contributed by atoms with Gasteiger partial charge < -0.3 is 16.0 Å². The Morgan fingerprint density at radius 2 is 2.24 bits per heavy atom. The Morgan fingerprint density at radius 3 is 2.81 bits per heavy atom. The van der Waals surface area contributed by atoms with Gasteiger partial charge in [-0.3, -0.25) is 9.59 Å². The quantitative estimate of drug-likeness (QED) is 0.728. The first-order chi connectivity index (χ1) is 9.56. The maximum Gasteiger partial charge on any atom is 0.262 e. The molecule has 1 aliphatic heterocycles. The van der Waals surface area contributed by atoms with E-state index in [0.717, 1.165) is 29.7 Å². The Kier molecular flexibility index (Phi) is 7.65. The van der Waals surface area contributed by atoms with E-state index in [2.05, 4.69) is 31.9 Å². The lowest BCUT2D eigenvalue weighted by molar-refractivity contribution is -0.123. The predicted octanol–water partition coefficient (Wildman–Crippen LogP) is 1.92. The first-order valence-electron chi connectivity index (χ1n) is 6.63. The molecule has 21 heavy (non-hydrogen) atoms. The van der Waals surface area contributed by atoms with Gasteiger partial charge in [0.15, 0.2) is 0 Å². The van der Waals surface area contributed by atoms with Gasteiger partial charge in [-0.05, 0) is 54.4 Å². The molecule has 2 amide bonds. The van der Waals surface area contributed by atoms with Crippen LogP contribution in [0.3, 0.4) is 0 Å². The summed E-state index contributed by atoms with van der Waals surface area (Å²) >= 11 is 4.66. The van der Waals surface area contributed by atoms with Gasteiger partial charge in [-0.1, -0.05) is 0 Å². The Hall–Kier alpha value is -0.630. The van der Waals surface area contributed by atoms with Crippen molar-refractivity contribution in [3.05, 3.63) is 20.8 Å². The van der Waals surface area contributed by atoms with Gasteiger partial charge in [-0.25, -0.2) is 0 Å². The van der Waals surface area contributed by atoms with Crippen LogP contribution in [0, 0.1) is 0 Å².